The summed E-state index contributed by atoms with van der Waals surface area (Å²) in [6.45, 7) is 3.58. The molecule has 1 aliphatic rings. The van der Waals surface area contributed by atoms with Gasteiger partial charge in [0.25, 0.3) is 0 Å². The Morgan fingerprint density at radius 3 is 2.85 bits per heavy atom. The summed E-state index contributed by atoms with van der Waals surface area (Å²) in [5, 5.41) is 11.9. The maximum atomic E-state index is 11.6. The van der Waals surface area contributed by atoms with E-state index in [0.29, 0.717) is 25.6 Å². The highest BCUT2D eigenvalue weighted by Gasteiger charge is 2.26. The second-order valence-corrected chi connectivity index (χ2v) is 5.13. The number of hydrogen-bond donors (Lipinski definition) is 0. The van der Waals surface area contributed by atoms with Gasteiger partial charge in [0.2, 0.25) is 0 Å². The van der Waals surface area contributed by atoms with Crippen molar-refractivity contribution in [2.45, 2.75) is 38.6 Å². The second kappa shape index (κ2) is 7.42. The highest BCUT2D eigenvalue weighted by Crippen LogP contribution is 2.23. The summed E-state index contributed by atoms with van der Waals surface area (Å²) in [5.74, 6) is 1.48. The SMILES string of the molecule is CCOC(=O)N1CCC(n2nnnc2CCCCl)CC1. The minimum atomic E-state index is -0.231. The molecule has 0 atom stereocenters. The summed E-state index contributed by atoms with van der Waals surface area (Å²) in [5.41, 5.74) is 0. The van der Waals surface area contributed by atoms with Gasteiger partial charge in [0.1, 0.15) is 0 Å². The molecule has 1 aliphatic heterocycles. The normalized spacial score (nSPS) is 16.4. The topological polar surface area (TPSA) is 73.1 Å². The molecule has 0 unspecified atom stereocenters. The number of likely N-dealkylation sites (tertiary alicyclic amines) is 1. The van der Waals surface area contributed by atoms with Crippen LogP contribution in [0, 0.1) is 0 Å². The molecule has 20 heavy (non-hydrogen) atoms. The molecule has 0 radical (unpaired) electrons. The largest absolute Gasteiger partial charge is 0.450 e. The molecule has 1 amide bonds. The summed E-state index contributed by atoms with van der Waals surface area (Å²) in [4.78, 5) is 13.4. The molecule has 8 heteroatoms. The van der Waals surface area contributed by atoms with Crippen LogP contribution in [0.2, 0.25) is 0 Å². The molecule has 1 aromatic heterocycles. The Balaban J connectivity index is 1.90. The fourth-order valence-electron chi connectivity index (χ4n) is 2.39. The molecule has 1 saturated heterocycles. The van der Waals surface area contributed by atoms with Crippen LogP contribution >= 0.6 is 11.6 Å². The van der Waals surface area contributed by atoms with Crippen LogP contribution in [0.5, 0.6) is 0 Å². The fourth-order valence-corrected chi connectivity index (χ4v) is 2.53. The van der Waals surface area contributed by atoms with Gasteiger partial charge in [-0.2, -0.15) is 0 Å². The van der Waals surface area contributed by atoms with Crippen LogP contribution in [0.3, 0.4) is 0 Å². The summed E-state index contributed by atoms with van der Waals surface area (Å²) >= 11 is 5.70. The molecule has 0 aromatic carbocycles. The van der Waals surface area contributed by atoms with E-state index in [1.54, 1.807) is 4.90 Å². The minimum absolute atomic E-state index is 0.231. The van der Waals surface area contributed by atoms with Gasteiger partial charge in [-0.05, 0) is 36.6 Å². The first-order chi connectivity index (χ1) is 9.76. The Hall–Kier alpha value is -1.37. The summed E-state index contributed by atoms with van der Waals surface area (Å²) in [6, 6.07) is 0.251. The molecule has 0 bridgehead atoms. The number of carbonyl (C=O) groups is 1. The predicted molar refractivity (Wildman–Crippen MR) is 73.7 cm³/mol. The first kappa shape index (κ1) is 15.0. The Morgan fingerprint density at radius 1 is 1.45 bits per heavy atom. The molecule has 2 rings (SSSR count). The van der Waals surface area contributed by atoms with Gasteiger partial charge in [0, 0.05) is 25.4 Å². The first-order valence-electron chi connectivity index (χ1n) is 7.00. The van der Waals surface area contributed by atoms with Crippen molar-refractivity contribution in [2.75, 3.05) is 25.6 Å². The van der Waals surface area contributed by atoms with Crippen LogP contribution in [0.1, 0.15) is 38.1 Å². The summed E-state index contributed by atoms with van der Waals surface area (Å²) < 4.78 is 6.89. The van der Waals surface area contributed by atoms with Gasteiger partial charge in [0.15, 0.2) is 5.82 Å². The minimum Gasteiger partial charge on any atom is -0.450 e. The molecular weight excluding hydrogens is 282 g/mol. The van der Waals surface area contributed by atoms with Crippen molar-refractivity contribution in [3.8, 4) is 0 Å². The third-order valence-electron chi connectivity index (χ3n) is 3.43. The van der Waals surface area contributed by atoms with Crippen molar-refractivity contribution in [2.24, 2.45) is 0 Å². The number of ether oxygens (including phenoxy) is 1. The van der Waals surface area contributed by atoms with Gasteiger partial charge < -0.3 is 9.64 Å². The van der Waals surface area contributed by atoms with Gasteiger partial charge in [-0.25, -0.2) is 9.48 Å². The lowest BCUT2D eigenvalue weighted by Gasteiger charge is -2.31. The number of aryl methyl sites for hydroxylation is 1. The highest BCUT2D eigenvalue weighted by molar-refractivity contribution is 6.17. The van der Waals surface area contributed by atoms with Crippen LogP contribution in [0.25, 0.3) is 0 Å². The maximum absolute atomic E-state index is 11.6. The average Bonchev–Trinajstić information content (AvgIpc) is 2.94. The van der Waals surface area contributed by atoms with Crippen molar-refractivity contribution < 1.29 is 9.53 Å². The number of carbonyl (C=O) groups excluding carboxylic acids is 1. The smallest absolute Gasteiger partial charge is 0.409 e. The van der Waals surface area contributed by atoms with E-state index in [1.165, 1.54) is 0 Å². The number of piperidine rings is 1. The monoisotopic (exact) mass is 301 g/mol. The molecule has 7 nitrogen and oxygen atoms in total. The standard InChI is InChI=1S/C12H20ClN5O2/c1-2-20-12(19)17-8-5-10(6-9-17)18-11(4-3-7-13)14-15-16-18/h10H,2-9H2,1H3. The molecule has 1 aromatic rings. The Morgan fingerprint density at radius 2 is 2.20 bits per heavy atom. The Kier molecular flexibility index (Phi) is 5.58. The van der Waals surface area contributed by atoms with Crippen molar-refractivity contribution in [3.05, 3.63) is 5.82 Å². The van der Waals surface area contributed by atoms with E-state index in [2.05, 4.69) is 15.5 Å². The third-order valence-corrected chi connectivity index (χ3v) is 3.70. The van der Waals surface area contributed by atoms with E-state index >= 15 is 0 Å². The lowest BCUT2D eigenvalue weighted by Crippen LogP contribution is -2.39. The van der Waals surface area contributed by atoms with E-state index in [-0.39, 0.29) is 12.1 Å². The van der Waals surface area contributed by atoms with E-state index in [1.807, 2.05) is 11.6 Å². The van der Waals surface area contributed by atoms with Crippen molar-refractivity contribution in [1.82, 2.24) is 25.1 Å². The van der Waals surface area contributed by atoms with Crippen molar-refractivity contribution in [3.63, 3.8) is 0 Å². The zero-order valence-electron chi connectivity index (χ0n) is 11.7. The quantitative estimate of drug-likeness (QED) is 0.773. The highest BCUT2D eigenvalue weighted by atomic mass is 35.5. The van der Waals surface area contributed by atoms with Gasteiger partial charge in [-0.1, -0.05) is 0 Å². The lowest BCUT2D eigenvalue weighted by molar-refractivity contribution is 0.0911. The number of aromatic nitrogens is 4. The maximum Gasteiger partial charge on any atom is 0.409 e. The third kappa shape index (κ3) is 3.59. The number of rotatable bonds is 5. The van der Waals surface area contributed by atoms with Gasteiger partial charge >= 0.3 is 6.09 Å². The number of hydrogen-bond acceptors (Lipinski definition) is 5. The van der Waals surface area contributed by atoms with E-state index in [9.17, 15) is 4.79 Å². The number of halogens is 1. The number of amides is 1. The number of alkyl halides is 1. The summed E-state index contributed by atoms with van der Waals surface area (Å²) in [6.07, 6.45) is 3.11. The van der Waals surface area contributed by atoms with Crippen LogP contribution in [0.15, 0.2) is 0 Å². The van der Waals surface area contributed by atoms with E-state index in [4.69, 9.17) is 16.3 Å². The molecule has 112 valence electrons. The zero-order valence-corrected chi connectivity index (χ0v) is 12.4. The molecule has 1 fully saturated rings. The van der Waals surface area contributed by atoms with Gasteiger partial charge in [-0.15, -0.1) is 16.7 Å². The lowest BCUT2D eigenvalue weighted by atomic mass is 10.1. The average molecular weight is 302 g/mol. The van der Waals surface area contributed by atoms with Crippen molar-refractivity contribution >= 4 is 17.7 Å². The Bertz CT molecular complexity index is 431. The molecule has 0 saturated carbocycles. The fraction of sp³-hybridized carbons (Fsp3) is 0.833. The zero-order chi connectivity index (χ0) is 14.4. The molecule has 2 heterocycles. The van der Waals surface area contributed by atoms with Crippen LogP contribution in [-0.2, 0) is 11.2 Å². The molecular formula is C12H20ClN5O2. The van der Waals surface area contributed by atoms with E-state index in [0.717, 1.165) is 31.5 Å². The van der Waals surface area contributed by atoms with Gasteiger partial charge in [-0.3, -0.25) is 0 Å². The van der Waals surface area contributed by atoms with Gasteiger partial charge in [0.05, 0.1) is 12.6 Å². The molecule has 0 N–H and O–H groups in total. The van der Waals surface area contributed by atoms with E-state index < -0.39 is 0 Å². The number of tetrazole rings is 1. The second-order valence-electron chi connectivity index (χ2n) is 4.75. The number of nitrogens with zero attached hydrogens (tertiary/aromatic N) is 5. The molecule has 0 spiro atoms. The summed E-state index contributed by atoms with van der Waals surface area (Å²) in [7, 11) is 0. The Labute approximate surface area is 123 Å². The first-order valence-corrected chi connectivity index (χ1v) is 7.54. The van der Waals surface area contributed by atoms with Crippen molar-refractivity contribution in [1.29, 1.82) is 0 Å². The van der Waals surface area contributed by atoms with Crippen LogP contribution in [-0.4, -0.2) is 56.8 Å². The van der Waals surface area contributed by atoms with Crippen LogP contribution in [0.4, 0.5) is 4.79 Å². The van der Waals surface area contributed by atoms with Crippen LogP contribution < -0.4 is 0 Å². The molecule has 0 aliphatic carbocycles. The predicted octanol–water partition coefficient (Wildman–Crippen LogP) is 1.64.